The van der Waals surface area contributed by atoms with Crippen molar-refractivity contribution in [3.05, 3.63) is 59.2 Å². The lowest BCUT2D eigenvalue weighted by atomic mass is 10.1. The van der Waals surface area contributed by atoms with Crippen LogP contribution in [-0.4, -0.2) is 54.3 Å². The molecule has 3 N–H and O–H groups in total. The van der Waals surface area contributed by atoms with Crippen molar-refractivity contribution in [2.75, 3.05) is 43.8 Å². The second-order valence-corrected chi connectivity index (χ2v) is 6.99. The summed E-state index contributed by atoms with van der Waals surface area (Å²) in [6, 6.07) is 12.9. The van der Waals surface area contributed by atoms with E-state index in [-0.39, 0.29) is 11.8 Å². The number of amides is 2. The van der Waals surface area contributed by atoms with E-state index in [1.165, 1.54) is 0 Å². The number of hydrogen-bond acceptors (Lipinski definition) is 4. The quantitative estimate of drug-likeness (QED) is 0.814. The number of rotatable bonds is 4. The van der Waals surface area contributed by atoms with Crippen LogP contribution in [0.15, 0.2) is 42.5 Å². The summed E-state index contributed by atoms with van der Waals surface area (Å²) in [6.45, 7) is 6.95. The van der Waals surface area contributed by atoms with Gasteiger partial charge in [-0.25, -0.2) is 0 Å². The van der Waals surface area contributed by atoms with Crippen LogP contribution in [-0.2, 0) is 4.79 Å². The number of nitrogen functional groups attached to an aromatic ring is 1. The monoisotopic (exact) mass is 366 g/mol. The molecular formula is C21H26N4O2. The smallest absolute Gasteiger partial charge is 0.253 e. The van der Waals surface area contributed by atoms with Gasteiger partial charge in [0.2, 0.25) is 5.91 Å². The van der Waals surface area contributed by atoms with Crippen LogP contribution in [0.2, 0.25) is 0 Å². The van der Waals surface area contributed by atoms with Crippen molar-refractivity contribution >= 4 is 23.2 Å². The Morgan fingerprint density at radius 1 is 1.00 bits per heavy atom. The van der Waals surface area contributed by atoms with Crippen LogP contribution >= 0.6 is 0 Å². The Hall–Kier alpha value is -2.86. The lowest BCUT2D eigenvalue weighted by molar-refractivity contribution is -0.117. The van der Waals surface area contributed by atoms with Crippen molar-refractivity contribution in [1.29, 1.82) is 0 Å². The molecule has 1 aliphatic rings. The van der Waals surface area contributed by atoms with Gasteiger partial charge in [0.05, 0.1) is 6.54 Å². The third kappa shape index (κ3) is 4.65. The van der Waals surface area contributed by atoms with E-state index in [1.807, 2.05) is 36.9 Å². The van der Waals surface area contributed by atoms with E-state index in [2.05, 4.69) is 10.2 Å². The molecule has 0 atom stereocenters. The molecule has 0 saturated carbocycles. The predicted octanol–water partition coefficient (Wildman–Crippen LogP) is 2.28. The van der Waals surface area contributed by atoms with Gasteiger partial charge in [0.1, 0.15) is 0 Å². The highest BCUT2D eigenvalue weighted by Gasteiger charge is 2.23. The van der Waals surface area contributed by atoms with E-state index in [1.54, 1.807) is 24.3 Å². The number of carbonyl (C=O) groups excluding carboxylic acids is 2. The van der Waals surface area contributed by atoms with Gasteiger partial charge in [-0.05, 0) is 55.3 Å². The number of benzene rings is 2. The Morgan fingerprint density at radius 3 is 2.33 bits per heavy atom. The fourth-order valence-electron chi connectivity index (χ4n) is 3.20. The van der Waals surface area contributed by atoms with Crippen molar-refractivity contribution in [3.63, 3.8) is 0 Å². The zero-order chi connectivity index (χ0) is 19.4. The Kier molecular flexibility index (Phi) is 5.76. The maximum absolute atomic E-state index is 12.5. The molecule has 1 fully saturated rings. The first-order valence-electron chi connectivity index (χ1n) is 9.17. The van der Waals surface area contributed by atoms with Crippen LogP contribution in [0.25, 0.3) is 0 Å². The van der Waals surface area contributed by atoms with E-state index in [0.29, 0.717) is 44.0 Å². The van der Waals surface area contributed by atoms with Crippen molar-refractivity contribution in [3.8, 4) is 0 Å². The summed E-state index contributed by atoms with van der Waals surface area (Å²) in [5.74, 6) is -0.0171. The number of hydrogen-bond donors (Lipinski definition) is 2. The van der Waals surface area contributed by atoms with Gasteiger partial charge in [-0.15, -0.1) is 0 Å². The van der Waals surface area contributed by atoms with Crippen molar-refractivity contribution in [2.24, 2.45) is 0 Å². The first-order valence-corrected chi connectivity index (χ1v) is 9.17. The lowest BCUT2D eigenvalue weighted by Gasteiger charge is -2.34. The maximum atomic E-state index is 12.5. The summed E-state index contributed by atoms with van der Waals surface area (Å²) >= 11 is 0. The summed E-state index contributed by atoms with van der Waals surface area (Å²) in [7, 11) is 0. The van der Waals surface area contributed by atoms with Crippen LogP contribution in [0.4, 0.5) is 11.4 Å². The van der Waals surface area contributed by atoms with E-state index in [9.17, 15) is 9.59 Å². The number of aryl methyl sites for hydroxylation is 1. The van der Waals surface area contributed by atoms with Crippen molar-refractivity contribution in [1.82, 2.24) is 9.80 Å². The summed E-state index contributed by atoms with van der Waals surface area (Å²) in [5.41, 5.74) is 10.1. The molecule has 0 bridgehead atoms. The Bertz CT molecular complexity index is 825. The third-order valence-corrected chi connectivity index (χ3v) is 5.06. The van der Waals surface area contributed by atoms with Gasteiger partial charge in [-0.3, -0.25) is 14.5 Å². The summed E-state index contributed by atoms with van der Waals surface area (Å²) in [6.07, 6.45) is 0. The summed E-state index contributed by atoms with van der Waals surface area (Å²) < 4.78 is 0. The van der Waals surface area contributed by atoms with Gasteiger partial charge in [0.25, 0.3) is 5.91 Å². The lowest BCUT2D eigenvalue weighted by Crippen LogP contribution is -2.50. The van der Waals surface area contributed by atoms with Crippen LogP contribution in [0.1, 0.15) is 21.5 Å². The van der Waals surface area contributed by atoms with E-state index in [4.69, 9.17) is 5.73 Å². The number of piperazine rings is 1. The Morgan fingerprint density at radius 2 is 1.67 bits per heavy atom. The highest BCUT2D eigenvalue weighted by Crippen LogP contribution is 2.18. The van der Waals surface area contributed by atoms with Gasteiger partial charge < -0.3 is 16.0 Å². The molecule has 0 aliphatic carbocycles. The molecular weight excluding hydrogens is 340 g/mol. The second-order valence-electron chi connectivity index (χ2n) is 6.99. The first kappa shape index (κ1) is 18.9. The Labute approximate surface area is 159 Å². The molecule has 0 aromatic heterocycles. The van der Waals surface area contributed by atoms with Gasteiger partial charge >= 0.3 is 0 Å². The molecule has 2 aromatic rings. The molecule has 2 aromatic carbocycles. The van der Waals surface area contributed by atoms with Crippen LogP contribution in [0.3, 0.4) is 0 Å². The number of carbonyl (C=O) groups is 2. The minimum atomic E-state index is -0.0259. The summed E-state index contributed by atoms with van der Waals surface area (Å²) in [5, 5.41) is 2.99. The topological polar surface area (TPSA) is 78.7 Å². The van der Waals surface area contributed by atoms with Gasteiger partial charge in [-0.2, -0.15) is 0 Å². The third-order valence-electron chi connectivity index (χ3n) is 5.06. The fraction of sp³-hybridized carbons (Fsp3) is 0.333. The molecule has 0 spiro atoms. The molecule has 6 heteroatoms. The zero-order valence-electron chi connectivity index (χ0n) is 15.9. The van der Waals surface area contributed by atoms with Crippen molar-refractivity contribution in [2.45, 2.75) is 13.8 Å². The number of anilines is 2. The highest BCUT2D eigenvalue weighted by molar-refractivity contribution is 5.95. The molecule has 3 rings (SSSR count). The molecule has 0 radical (unpaired) electrons. The summed E-state index contributed by atoms with van der Waals surface area (Å²) in [4.78, 5) is 28.8. The van der Waals surface area contributed by atoms with Crippen LogP contribution < -0.4 is 11.1 Å². The van der Waals surface area contributed by atoms with Gasteiger partial charge in [-0.1, -0.05) is 12.1 Å². The van der Waals surface area contributed by atoms with E-state index >= 15 is 0 Å². The minimum Gasteiger partial charge on any atom is -0.399 e. The molecule has 1 saturated heterocycles. The number of nitrogens with two attached hydrogens (primary N) is 1. The van der Waals surface area contributed by atoms with E-state index in [0.717, 1.165) is 16.8 Å². The van der Waals surface area contributed by atoms with Gasteiger partial charge in [0, 0.05) is 43.1 Å². The highest BCUT2D eigenvalue weighted by atomic mass is 16.2. The molecule has 6 nitrogen and oxygen atoms in total. The molecule has 1 heterocycles. The minimum absolute atomic E-state index is 0.00878. The number of nitrogens with one attached hydrogen (secondary N) is 1. The SMILES string of the molecule is Cc1cccc(NC(=O)CN2CCN(C(=O)c3ccc(N)cc3)CC2)c1C. The van der Waals surface area contributed by atoms with Crippen LogP contribution in [0, 0.1) is 13.8 Å². The van der Waals surface area contributed by atoms with E-state index < -0.39 is 0 Å². The van der Waals surface area contributed by atoms with Gasteiger partial charge in [0.15, 0.2) is 0 Å². The molecule has 142 valence electrons. The van der Waals surface area contributed by atoms with Crippen LogP contribution in [0.5, 0.6) is 0 Å². The van der Waals surface area contributed by atoms with Crippen molar-refractivity contribution < 1.29 is 9.59 Å². The molecule has 27 heavy (non-hydrogen) atoms. The number of nitrogens with zero attached hydrogens (tertiary/aromatic N) is 2. The molecule has 2 amide bonds. The standard InChI is InChI=1S/C21H26N4O2/c1-15-4-3-5-19(16(15)2)23-20(26)14-24-10-12-25(13-11-24)21(27)17-6-8-18(22)9-7-17/h3-9H,10-14,22H2,1-2H3,(H,23,26). The average Bonchev–Trinajstić information content (AvgIpc) is 2.66. The molecule has 0 unspecified atom stereocenters. The predicted molar refractivity (Wildman–Crippen MR) is 108 cm³/mol. The first-order chi connectivity index (χ1) is 12.9. The average molecular weight is 366 g/mol. The normalized spacial score (nSPS) is 14.8. The Balaban J connectivity index is 1.50. The molecule has 1 aliphatic heterocycles. The zero-order valence-corrected chi connectivity index (χ0v) is 15.9. The second kappa shape index (κ2) is 8.22. The fourth-order valence-corrected chi connectivity index (χ4v) is 3.20. The maximum Gasteiger partial charge on any atom is 0.253 e. The largest absolute Gasteiger partial charge is 0.399 e.